The Morgan fingerprint density at radius 2 is 2.11 bits per heavy atom. The second kappa shape index (κ2) is 7.44. The molecule has 1 aliphatic heterocycles. The summed E-state index contributed by atoms with van der Waals surface area (Å²) < 4.78 is 18.8. The maximum Gasteiger partial charge on any atom is 0.231 e. The van der Waals surface area contributed by atoms with Crippen LogP contribution in [0.1, 0.15) is 25.3 Å². The molecule has 0 unspecified atom stereocenters. The van der Waals surface area contributed by atoms with Crippen LogP contribution in [-0.2, 0) is 0 Å². The van der Waals surface area contributed by atoms with Crippen LogP contribution >= 0.6 is 23.1 Å². The van der Waals surface area contributed by atoms with Gasteiger partial charge in [0.15, 0.2) is 22.5 Å². The van der Waals surface area contributed by atoms with E-state index in [0.29, 0.717) is 12.6 Å². The summed E-state index contributed by atoms with van der Waals surface area (Å²) in [5.74, 6) is 4.29. The van der Waals surface area contributed by atoms with Gasteiger partial charge in [0, 0.05) is 17.9 Å². The van der Waals surface area contributed by atoms with Crippen LogP contribution in [0, 0.1) is 0 Å². The van der Waals surface area contributed by atoms with Crippen LogP contribution in [0.5, 0.6) is 17.2 Å². The van der Waals surface area contributed by atoms with Crippen LogP contribution in [0.2, 0.25) is 0 Å². The molecule has 0 saturated heterocycles. The number of hydrogen-bond acceptors (Lipinski definition) is 7. The first kappa shape index (κ1) is 16.9. The second-order valence-electron chi connectivity index (χ2n) is 6.45. The summed E-state index contributed by atoms with van der Waals surface area (Å²) in [7, 11) is 0. The molecule has 1 aliphatic carbocycles. The molecule has 6 nitrogen and oxygen atoms in total. The Balaban J connectivity index is 1.16. The number of fused-ring (bicyclic) bond motifs is 1. The minimum Gasteiger partial charge on any atom is -0.493 e. The number of thiophene rings is 1. The monoisotopic (exact) mass is 401 g/mol. The van der Waals surface area contributed by atoms with Gasteiger partial charge in [-0.3, -0.25) is 4.57 Å². The molecule has 1 fully saturated rings. The molecular formula is C19H19N3O3S2. The van der Waals surface area contributed by atoms with Crippen LogP contribution in [0.4, 0.5) is 0 Å². The van der Waals surface area contributed by atoms with Gasteiger partial charge in [-0.1, -0.05) is 17.8 Å². The zero-order valence-corrected chi connectivity index (χ0v) is 16.3. The predicted molar refractivity (Wildman–Crippen MR) is 105 cm³/mol. The quantitative estimate of drug-likeness (QED) is 0.405. The first-order chi connectivity index (χ1) is 13.4. The number of ether oxygens (including phenoxy) is 3. The fourth-order valence-electron chi connectivity index (χ4n) is 2.99. The average molecular weight is 402 g/mol. The first-order valence-electron chi connectivity index (χ1n) is 9.02. The lowest BCUT2D eigenvalue weighted by molar-refractivity contribution is 0.173. The van der Waals surface area contributed by atoms with Gasteiger partial charge in [-0.2, -0.15) is 0 Å². The summed E-state index contributed by atoms with van der Waals surface area (Å²) in [6, 6.07) is 10.4. The van der Waals surface area contributed by atoms with Crippen LogP contribution in [0.25, 0.3) is 10.7 Å². The van der Waals surface area contributed by atoms with Crippen molar-refractivity contribution in [3.8, 4) is 28.0 Å². The Kier molecular flexibility index (Phi) is 4.67. The third kappa shape index (κ3) is 3.64. The summed E-state index contributed by atoms with van der Waals surface area (Å²) in [4.78, 5) is 1.19. The average Bonchev–Trinajstić information content (AvgIpc) is 3.10. The lowest BCUT2D eigenvalue weighted by Crippen LogP contribution is -2.01. The topological polar surface area (TPSA) is 58.4 Å². The summed E-state index contributed by atoms with van der Waals surface area (Å²) in [5, 5.41) is 12.0. The molecule has 0 spiro atoms. The Morgan fingerprint density at radius 1 is 1.19 bits per heavy atom. The third-order valence-corrected chi connectivity index (χ3v) is 6.35. The van der Waals surface area contributed by atoms with Crippen molar-refractivity contribution in [1.29, 1.82) is 0 Å². The van der Waals surface area contributed by atoms with Crippen molar-refractivity contribution < 1.29 is 14.2 Å². The van der Waals surface area contributed by atoms with Gasteiger partial charge >= 0.3 is 0 Å². The second-order valence-corrected chi connectivity index (χ2v) is 8.46. The van der Waals surface area contributed by atoms with E-state index in [0.717, 1.165) is 40.4 Å². The van der Waals surface area contributed by atoms with Gasteiger partial charge in [-0.05, 0) is 42.8 Å². The highest BCUT2D eigenvalue weighted by atomic mass is 32.2. The number of thioether (sulfide) groups is 1. The lowest BCUT2D eigenvalue weighted by Gasteiger charge is -2.08. The molecule has 27 heavy (non-hydrogen) atoms. The van der Waals surface area contributed by atoms with Gasteiger partial charge in [-0.25, -0.2) is 0 Å². The highest BCUT2D eigenvalue weighted by Crippen LogP contribution is 2.42. The van der Waals surface area contributed by atoms with E-state index < -0.39 is 0 Å². The SMILES string of the molecule is c1csc(-c2nnc(SCCCOc3ccc4c(c3)OCO4)n2C2CC2)c1. The van der Waals surface area contributed by atoms with Crippen molar-refractivity contribution >= 4 is 23.1 Å². The molecule has 2 aromatic heterocycles. The number of rotatable bonds is 8. The summed E-state index contributed by atoms with van der Waals surface area (Å²) >= 11 is 3.47. The Hall–Kier alpha value is -2.19. The van der Waals surface area contributed by atoms with Crippen LogP contribution < -0.4 is 14.2 Å². The predicted octanol–water partition coefficient (Wildman–Crippen LogP) is 4.63. The number of hydrogen-bond donors (Lipinski definition) is 0. The van der Waals surface area contributed by atoms with Crippen molar-refractivity contribution in [2.45, 2.75) is 30.5 Å². The molecule has 8 heteroatoms. The van der Waals surface area contributed by atoms with Crippen LogP contribution in [-0.4, -0.2) is 33.9 Å². The Morgan fingerprint density at radius 3 is 2.96 bits per heavy atom. The number of benzene rings is 1. The van der Waals surface area contributed by atoms with E-state index in [1.54, 1.807) is 23.1 Å². The van der Waals surface area contributed by atoms with Crippen molar-refractivity contribution in [2.75, 3.05) is 19.2 Å². The highest BCUT2D eigenvalue weighted by molar-refractivity contribution is 7.99. The zero-order valence-electron chi connectivity index (χ0n) is 14.7. The third-order valence-electron chi connectivity index (χ3n) is 4.45. The summed E-state index contributed by atoms with van der Waals surface area (Å²) in [6.45, 7) is 0.937. The standard InChI is InChI=1S/C19H19N3O3S2/c1-3-17(26-9-1)18-20-21-19(22(18)13-4-5-13)27-10-2-8-23-14-6-7-15-16(11-14)25-12-24-15/h1,3,6-7,9,11,13H,2,4-5,8,10,12H2. The van der Waals surface area contributed by atoms with Gasteiger partial charge < -0.3 is 14.2 Å². The van der Waals surface area contributed by atoms with Gasteiger partial charge in [0.05, 0.1) is 11.5 Å². The molecule has 3 heterocycles. The van der Waals surface area contributed by atoms with E-state index >= 15 is 0 Å². The minimum absolute atomic E-state index is 0.282. The Bertz CT molecular complexity index is 922. The maximum absolute atomic E-state index is 5.83. The molecular weight excluding hydrogens is 382 g/mol. The molecule has 140 valence electrons. The molecule has 2 aliphatic rings. The van der Waals surface area contributed by atoms with Crippen LogP contribution in [0.3, 0.4) is 0 Å². The molecule has 5 rings (SSSR count). The van der Waals surface area contributed by atoms with Crippen molar-refractivity contribution in [3.63, 3.8) is 0 Å². The lowest BCUT2D eigenvalue weighted by atomic mass is 10.3. The largest absolute Gasteiger partial charge is 0.493 e. The highest BCUT2D eigenvalue weighted by Gasteiger charge is 2.30. The van der Waals surface area contributed by atoms with Gasteiger partial charge in [0.25, 0.3) is 0 Å². The molecule has 0 atom stereocenters. The van der Waals surface area contributed by atoms with Crippen molar-refractivity contribution in [3.05, 3.63) is 35.7 Å². The van der Waals surface area contributed by atoms with E-state index in [2.05, 4.69) is 32.3 Å². The number of nitrogens with zero attached hydrogens (tertiary/aromatic N) is 3. The molecule has 0 N–H and O–H groups in total. The van der Waals surface area contributed by atoms with Gasteiger partial charge in [0.1, 0.15) is 5.75 Å². The van der Waals surface area contributed by atoms with E-state index in [9.17, 15) is 0 Å². The zero-order chi connectivity index (χ0) is 18.1. The van der Waals surface area contributed by atoms with E-state index in [4.69, 9.17) is 14.2 Å². The fraction of sp³-hybridized carbons (Fsp3) is 0.368. The van der Waals surface area contributed by atoms with E-state index in [-0.39, 0.29) is 6.79 Å². The molecule has 3 aromatic rings. The maximum atomic E-state index is 5.83. The van der Waals surface area contributed by atoms with Gasteiger partial charge in [0.2, 0.25) is 6.79 Å². The van der Waals surface area contributed by atoms with E-state index in [1.165, 1.54) is 17.7 Å². The normalized spacial score (nSPS) is 15.3. The number of aromatic nitrogens is 3. The first-order valence-corrected chi connectivity index (χ1v) is 10.9. The Labute approximate surface area is 165 Å². The molecule has 0 radical (unpaired) electrons. The van der Waals surface area contributed by atoms with E-state index in [1.807, 2.05) is 18.2 Å². The molecule has 1 saturated carbocycles. The minimum atomic E-state index is 0.282. The smallest absolute Gasteiger partial charge is 0.231 e. The van der Waals surface area contributed by atoms with Crippen LogP contribution in [0.15, 0.2) is 40.9 Å². The summed E-state index contributed by atoms with van der Waals surface area (Å²) in [6.07, 6.45) is 3.37. The van der Waals surface area contributed by atoms with Crippen molar-refractivity contribution in [2.24, 2.45) is 0 Å². The summed E-state index contributed by atoms with van der Waals surface area (Å²) in [5.41, 5.74) is 0. The molecule has 0 bridgehead atoms. The fourth-order valence-corrected chi connectivity index (χ4v) is 4.61. The van der Waals surface area contributed by atoms with Gasteiger partial charge in [-0.15, -0.1) is 21.5 Å². The molecule has 0 amide bonds. The molecule has 1 aromatic carbocycles. The van der Waals surface area contributed by atoms with Crippen molar-refractivity contribution in [1.82, 2.24) is 14.8 Å².